The Morgan fingerprint density at radius 2 is 1.96 bits per heavy atom. The Balaban J connectivity index is 2.09. The van der Waals surface area contributed by atoms with Gasteiger partial charge in [0.05, 0.1) is 11.3 Å². The lowest BCUT2D eigenvalue weighted by molar-refractivity contribution is 0.0696. The van der Waals surface area contributed by atoms with Crippen molar-refractivity contribution in [1.82, 2.24) is 9.38 Å². The molecule has 0 amide bonds. The zero-order valence-electron chi connectivity index (χ0n) is 13.4. The Bertz CT molecular complexity index is 1030. The van der Waals surface area contributed by atoms with Crippen LogP contribution in [0, 0.1) is 13.8 Å². The molecule has 2 aromatic heterocycles. The number of carboxylic acids is 1. The largest absolute Gasteiger partial charge is 0.478 e. The van der Waals surface area contributed by atoms with E-state index in [1.807, 2.05) is 37.3 Å². The Hall–Kier alpha value is -3.21. The van der Waals surface area contributed by atoms with Gasteiger partial charge in [0, 0.05) is 11.8 Å². The normalized spacial score (nSPS) is 11.2. The molecule has 0 fully saturated rings. The molecule has 1 aromatic carbocycles. The van der Waals surface area contributed by atoms with Crippen molar-refractivity contribution in [3.8, 4) is 0 Å². The number of fused-ring (bicyclic) bond motifs is 1. The maximum absolute atomic E-state index is 12.5. The SMILES string of the molecule is Cc1cccc(/C=C/c2nc3ccc(C(=O)O)cn3c(=O)c2C)c1. The van der Waals surface area contributed by atoms with Gasteiger partial charge in [0.15, 0.2) is 0 Å². The number of aryl methyl sites for hydroxylation is 1. The number of carbonyl (C=O) groups is 1. The van der Waals surface area contributed by atoms with Crippen LogP contribution in [0.5, 0.6) is 0 Å². The van der Waals surface area contributed by atoms with E-state index < -0.39 is 5.97 Å². The van der Waals surface area contributed by atoms with Gasteiger partial charge in [-0.05, 0) is 37.6 Å². The summed E-state index contributed by atoms with van der Waals surface area (Å²) in [6.45, 7) is 3.70. The van der Waals surface area contributed by atoms with E-state index in [1.54, 1.807) is 13.0 Å². The molecule has 0 aliphatic rings. The maximum Gasteiger partial charge on any atom is 0.337 e. The van der Waals surface area contributed by atoms with Gasteiger partial charge in [-0.2, -0.15) is 0 Å². The van der Waals surface area contributed by atoms with Crippen molar-refractivity contribution >= 4 is 23.8 Å². The van der Waals surface area contributed by atoms with E-state index in [0.29, 0.717) is 16.9 Å². The standard InChI is InChI=1S/C19H16N2O3/c1-12-4-3-5-14(10-12)6-8-16-13(2)18(22)21-11-15(19(23)24)7-9-17(21)20-16/h3-11H,1-2H3,(H,23,24)/b8-6+. The second-order valence-corrected chi connectivity index (χ2v) is 5.63. The van der Waals surface area contributed by atoms with Crippen molar-refractivity contribution in [3.05, 3.63) is 80.9 Å². The van der Waals surface area contributed by atoms with Gasteiger partial charge >= 0.3 is 5.97 Å². The lowest BCUT2D eigenvalue weighted by Crippen LogP contribution is -2.20. The highest BCUT2D eigenvalue weighted by atomic mass is 16.4. The molecule has 2 heterocycles. The third-order valence-electron chi connectivity index (χ3n) is 3.81. The van der Waals surface area contributed by atoms with Crippen molar-refractivity contribution in [2.75, 3.05) is 0 Å². The summed E-state index contributed by atoms with van der Waals surface area (Å²) in [5.41, 5.74) is 3.42. The first-order valence-corrected chi connectivity index (χ1v) is 7.47. The van der Waals surface area contributed by atoms with Crippen LogP contribution >= 0.6 is 0 Å². The molecule has 0 aliphatic heterocycles. The molecule has 1 N–H and O–H groups in total. The van der Waals surface area contributed by atoms with Crippen LogP contribution in [0.25, 0.3) is 17.8 Å². The summed E-state index contributed by atoms with van der Waals surface area (Å²) in [5, 5.41) is 9.04. The van der Waals surface area contributed by atoms with E-state index in [0.717, 1.165) is 11.1 Å². The average molecular weight is 320 g/mol. The Morgan fingerprint density at radius 3 is 2.67 bits per heavy atom. The first kappa shape index (κ1) is 15.7. The molecule has 3 aromatic rings. The minimum Gasteiger partial charge on any atom is -0.478 e. The summed E-state index contributed by atoms with van der Waals surface area (Å²) in [6.07, 6.45) is 5.01. The van der Waals surface area contributed by atoms with E-state index in [-0.39, 0.29) is 11.1 Å². The molecule has 0 saturated heterocycles. The number of hydrogen-bond acceptors (Lipinski definition) is 3. The number of hydrogen-bond donors (Lipinski definition) is 1. The predicted molar refractivity (Wildman–Crippen MR) is 93.3 cm³/mol. The molecule has 120 valence electrons. The van der Waals surface area contributed by atoms with Crippen LogP contribution in [0.2, 0.25) is 0 Å². The first-order valence-electron chi connectivity index (χ1n) is 7.47. The smallest absolute Gasteiger partial charge is 0.337 e. The number of pyridine rings is 1. The number of benzene rings is 1. The fourth-order valence-corrected chi connectivity index (χ4v) is 2.48. The van der Waals surface area contributed by atoms with Gasteiger partial charge in [0.25, 0.3) is 5.56 Å². The van der Waals surface area contributed by atoms with Crippen LogP contribution in [0.3, 0.4) is 0 Å². The molecule has 0 aliphatic carbocycles. The fraction of sp³-hybridized carbons (Fsp3) is 0.105. The highest BCUT2D eigenvalue weighted by molar-refractivity contribution is 5.87. The van der Waals surface area contributed by atoms with Gasteiger partial charge in [-0.1, -0.05) is 35.9 Å². The molecule has 5 heteroatoms. The minimum atomic E-state index is -1.08. The van der Waals surface area contributed by atoms with Crippen molar-refractivity contribution < 1.29 is 9.90 Å². The Kier molecular flexibility index (Phi) is 4.00. The van der Waals surface area contributed by atoms with Crippen molar-refractivity contribution in [3.63, 3.8) is 0 Å². The lowest BCUT2D eigenvalue weighted by atomic mass is 10.1. The molecule has 5 nitrogen and oxygen atoms in total. The van der Waals surface area contributed by atoms with E-state index in [1.165, 1.54) is 22.7 Å². The molecule has 0 radical (unpaired) electrons. The molecule has 0 bridgehead atoms. The second kappa shape index (κ2) is 6.12. The van der Waals surface area contributed by atoms with E-state index in [9.17, 15) is 9.59 Å². The average Bonchev–Trinajstić information content (AvgIpc) is 2.56. The lowest BCUT2D eigenvalue weighted by Gasteiger charge is -2.06. The minimum absolute atomic E-state index is 0.0499. The molecule has 0 spiro atoms. The third-order valence-corrected chi connectivity index (χ3v) is 3.81. The van der Waals surface area contributed by atoms with Gasteiger partial charge in [0.1, 0.15) is 5.65 Å². The number of rotatable bonds is 3. The summed E-state index contributed by atoms with van der Waals surface area (Å²) in [6, 6.07) is 11.0. The Morgan fingerprint density at radius 1 is 1.17 bits per heavy atom. The van der Waals surface area contributed by atoms with Crippen LogP contribution in [0.15, 0.2) is 47.4 Å². The monoisotopic (exact) mass is 320 g/mol. The van der Waals surface area contributed by atoms with Gasteiger partial charge < -0.3 is 5.11 Å². The molecule has 24 heavy (non-hydrogen) atoms. The first-order chi connectivity index (χ1) is 11.5. The van der Waals surface area contributed by atoms with Gasteiger partial charge in [-0.15, -0.1) is 0 Å². The van der Waals surface area contributed by atoms with Crippen LogP contribution in [0.1, 0.15) is 32.7 Å². The van der Waals surface area contributed by atoms with Crippen LogP contribution in [-0.2, 0) is 0 Å². The number of aromatic carboxylic acids is 1. The third kappa shape index (κ3) is 2.96. The highest BCUT2D eigenvalue weighted by Crippen LogP contribution is 2.12. The summed E-state index contributed by atoms with van der Waals surface area (Å²) in [4.78, 5) is 28.0. The molecular formula is C19H16N2O3. The summed E-state index contributed by atoms with van der Waals surface area (Å²) in [7, 11) is 0. The maximum atomic E-state index is 12.5. The molecule has 0 unspecified atom stereocenters. The number of aromatic nitrogens is 2. The van der Waals surface area contributed by atoms with Gasteiger partial charge in [0.2, 0.25) is 0 Å². The molecule has 0 saturated carbocycles. The van der Waals surface area contributed by atoms with E-state index in [2.05, 4.69) is 4.98 Å². The number of carboxylic acid groups (broad SMARTS) is 1. The fourth-order valence-electron chi connectivity index (χ4n) is 2.48. The zero-order valence-corrected chi connectivity index (χ0v) is 13.4. The summed E-state index contributed by atoms with van der Waals surface area (Å²) in [5.74, 6) is -1.08. The van der Waals surface area contributed by atoms with Crippen molar-refractivity contribution in [1.29, 1.82) is 0 Å². The zero-order chi connectivity index (χ0) is 17.3. The molecule has 0 atom stereocenters. The van der Waals surface area contributed by atoms with E-state index >= 15 is 0 Å². The van der Waals surface area contributed by atoms with Crippen LogP contribution < -0.4 is 5.56 Å². The quantitative estimate of drug-likeness (QED) is 0.804. The summed E-state index contributed by atoms with van der Waals surface area (Å²) >= 11 is 0. The van der Waals surface area contributed by atoms with Crippen molar-refractivity contribution in [2.45, 2.75) is 13.8 Å². The highest BCUT2D eigenvalue weighted by Gasteiger charge is 2.09. The predicted octanol–water partition coefficient (Wildman–Crippen LogP) is 3.18. The molecular weight excluding hydrogens is 304 g/mol. The Labute approximate surface area is 138 Å². The molecule has 3 rings (SSSR count). The van der Waals surface area contributed by atoms with Crippen LogP contribution in [-0.4, -0.2) is 20.5 Å². The number of nitrogens with zero attached hydrogens (tertiary/aromatic N) is 2. The van der Waals surface area contributed by atoms with Gasteiger partial charge in [-0.25, -0.2) is 9.78 Å². The second-order valence-electron chi connectivity index (χ2n) is 5.63. The van der Waals surface area contributed by atoms with Gasteiger partial charge in [-0.3, -0.25) is 9.20 Å². The van der Waals surface area contributed by atoms with E-state index in [4.69, 9.17) is 5.11 Å². The summed E-state index contributed by atoms with van der Waals surface area (Å²) < 4.78 is 1.27. The topological polar surface area (TPSA) is 71.7 Å². The van der Waals surface area contributed by atoms with Crippen molar-refractivity contribution in [2.24, 2.45) is 0 Å². The van der Waals surface area contributed by atoms with Crippen LogP contribution in [0.4, 0.5) is 0 Å².